The molecule has 0 N–H and O–H groups in total. The third-order valence-corrected chi connectivity index (χ3v) is 6.72. The van der Waals surface area contributed by atoms with Crippen molar-refractivity contribution in [3.63, 3.8) is 0 Å². The van der Waals surface area contributed by atoms with Crippen molar-refractivity contribution in [3.8, 4) is 17.2 Å². The Labute approximate surface area is 212 Å². The van der Waals surface area contributed by atoms with E-state index in [9.17, 15) is 9.18 Å². The van der Waals surface area contributed by atoms with Crippen LogP contribution in [-0.2, 0) is 6.54 Å². The Morgan fingerprint density at radius 1 is 0.889 bits per heavy atom. The first-order valence-corrected chi connectivity index (χ1v) is 12.1. The van der Waals surface area contributed by atoms with Gasteiger partial charge in [0.1, 0.15) is 5.82 Å². The molecule has 1 amide bonds. The van der Waals surface area contributed by atoms with Crippen LogP contribution >= 0.6 is 0 Å². The Hall–Kier alpha value is -3.58. The largest absolute Gasteiger partial charge is 0.493 e. The molecule has 3 aromatic carbocycles. The minimum Gasteiger partial charge on any atom is -0.493 e. The lowest BCUT2D eigenvalue weighted by molar-refractivity contribution is 0.0958. The number of hydrogen-bond acceptors (Lipinski definition) is 5. The van der Waals surface area contributed by atoms with Crippen LogP contribution < -0.4 is 19.1 Å². The normalized spacial score (nSPS) is 14.4. The van der Waals surface area contributed by atoms with Gasteiger partial charge in [-0.3, -0.25) is 9.69 Å². The zero-order valence-electron chi connectivity index (χ0n) is 21.3. The summed E-state index contributed by atoms with van der Waals surface area (Å²) in [4.78, 5) is 17.8. The number of carbonyl (C=O) groups is 1. The fraction of sp³-hybridized carbons (Fsp3) is 0.345. The smallest absolute Gasteiger partial charge is 0.258 e. The summed E-state index contributed by atoms with van der Waals surface area (Å²) in [5.41, 5.74) is 3.49. The van der Waals surface area contributed by atoms with Gasteiger partial charge < -0.3 is 19.1 Å². The maximum atomic E-state index is 13.6. The molecule has 0 saturated carbocycles. The van der Waals surface area contributed by atoms with Crippen molar-refractivity contribution in [2.24, 2.45) is 0 Å². The highest BCUT2D eigenvalue weighted by Crippen LogP contribution is 2.40. The van der Waals surface area contributed by atoms with Crippen LogP contribution in [0.5, 0.6) is 17.2 Å². The molecule has 7 heteroatoms. The number of carbonyl (C=O) groups excluding carboxylic acids is 1. The Morgan fingerprint density at radius 2 is 1.53 bits per heavy atom. The first-order valence-electron chi connectivity index (χ1n) is 12.1. The van der Waals surface area contributed by atoms with Crippen molar-refractivity contribution in [1.82, 2.24) is 4.90 Å². The summed E-state index contributed by atoms with van der Waals surface area (Å²) in [5.74, 6) is 1.42. The van der Waals surface area contributed by atoms with E-state index in [1.54, 1.807) is 33.5 Å². The van der Waals surface area contributed by atoms with Crippen LogP contribution in [0.25, 0.3) is 0 Å². The second-order valence-electron chi connectivity index (χ2n) is 9.02. The van der Waals surface area contributed by atoms with E-state index in [0.717, 1.165) is 42.7 Å². The molecule has 1 aliphatic rings. The van der Waals surface area contributed by atoms with E-state index in [2.05, 4.69) is 4.90 Å². The molecule has 190 valence electrons. The number of ether oxygens (including phenoxy) is 3. The van der Waals surface area contributed by atoms with Gasteiger partial charge in [0.05, 0.1) is 21.3 Å². The number of hydrogen-bond donors (Lipinski definition) is 0. The van der Waals surface area contributed by atoms with Crippen LogP contribution in [0.2, 0.25) is 0 Å². The van der Waals surface area contributed by atoms with Crippen LogP contribution in [0, 0.1) is 12.7 Å². The average Bonchev–Trinajstić information content (AvgIpc) is 2.90. The van der Waals surface area contributed by atoms with Crippen molar-refractivity contribution in [2.45, 2.75) is 32.4 Å². The third kappa shape index (κ3) is 5.46. The van der Waals surface area contributed by atoms with Gasteiger partial charge in [0, 0.05) is 42.5 Å². The monoisotopic (exact) mass is 492 g/mol. The van der Waals surface area contributed by atoms with Crippen LogP contribution in [0.15, 0.2) is 60.7 Å². The molecular weight excluding hydrogens is 459 g/mol. The van der Waals surface area contributed by atoms with Gasteiger partial charge in [-0.1, -0.05) is 23.8 Å². The van der Waals surface area contributed by atoms with Gasteiger partial charge in [-0.2, -0.15) is 0 Å². The molecular formula is C29H33FN2O4. The van der Waals surface area contributed by atoms with Crippen molar-refractivity contribution in [3.05, 3.63) is 83.2 Å². The van der Waals surface area contributed by atoms with E-state index in [1.807, 2.05) is 48.2 Å². The summed E-state index contributed by atoms with van der Waals surface area (Å²) in [6.45, 7) is 4.37. The molecule has 1 saturated heterocycles. The Morgan fingerprint density at radius 3 is 2.11 bits per heavy atom. The van der Waals surface area contributed by atoms with Gasteiger partial charge in [-0.05, 0) is 62.2 Å². The average molecular weight is 493 g/mol. The summed E-state index contributed by atoms with van der Waals surface area (Å²) in [7, 11) is 4.84. The van der Waals surface area contributed by atoms with Gasteiger partial charge in [0.25, 0.3) is 5.91 Å². The number of methoxy groups -OCH3 is 3. The van der Waals surface area contributed by atoms with Crippen molar-refractivity contribution >= 4 is 11.6 Å². The standard InChI is InChI=1S/C29H33FN2O4/c1-20-5-12-24(13-6-20)32(29(33)21-7-10-23(30)11-8-21)25-15-17-31(18-16-25)19-22-9-14-26(34-2)28(36-4)27(22)35-3/h5-14,25H,15-19H2,1-4H3. The number of rotatable bonds is 8. The van der Waals surface area contributed by atoms with E-state index >= 15 is 0 Å². The number of aryl methyl sites for hydroxylation is 1. The molecule has 0 bridgehead atoms. The second-order valence-corrected chi connectivity index (χ2v) is 9.02. The van der Waals surface area contributed by atoms with Crippen LogP contribution in [-0.4, -0.2) is 51.3 Å². The van der Waals surface area contributed by atoms with Crippen LogP contribution in [0.3, 0.4) is 0 Å². The predicted octanol–water partition coefficient (Wildman–Crippen LogP) is 5.47. The highest BCUT2D eigenvalue weighted by Gasteiger charge is 2.30. The van der Waals surface area contributed by atoms with Gasteiger partial charge in [-0.25, -0.2) is 4.39 Å². The van der Waals surface area contributed by atoms with Gasteiger partial charge in [0.15, 0.2) is 11.5 Å². The predicted molar refractivity (Wildman–Crippen MR) is 139 cm³/mol. The van der Waals surface area contributed by atoms with Crippen molar-refractivity contribution in [2.75, 3.05) is 39.3 Å². The molecule has 0 aliphatic carbocycles. The van der Waals surface area contributed by atoms with E-state index in [-0.39, 0.29) is 17.8 Å². The first-order chi connectivity index (χ1) is 17.4. The summed E-state index contributed by atoms with van der Waals surface area (Å²) >= 11 is 0. The Bertz CT molecular complexity index is 1170. The van der Waals surface area contributed by atoms with E-state index in [1.165, 1.54) is 12.1 Å². The molecule has 6 nitrogen and oxygen atoms in total. The van der Waals surface area contributed by atoms with E-state index in [0.29, 0.717) is 29.4 Å². The Balaban J connectivity index is 1.52. The Kier molecular flexibility index (Phi) is 8.10. The molecule has 3 aromatic rings. The molecule has 36 heavy (non-hydrogen) atoms. The SMILES string of the molecule is COc1ccc(CN2CCC(N(C(=O)c3ccc(F)cc3)c3ccc(C)cc3)CC2)c(OC)c1OC. The quantitative estimate of drug-likeness (QED) is 0.417. The van der Waals surface area contributed by atoms with Gasteiger partial charge >= 0.3 is 0 Å². The molecule has 1 heterocycles. The number of piperidine rings is 1. The summed E-state index contributed by atoms with van der Waals surface area (Å²) in [5, 5.41) is 0. The number of likely N-dealkylation sites (tertiary alicyclic amines) is 1. The maximum absolute atomic E-state index is 13.6. The minimum atomic E-state index is -0.354. The molecule has 1 fully saturated rings. The lowest BCUT2D eigenvalue weighted by Crippen LogP contribution is -2.47. The maximum Gasteiger partial charge on any atom is 0.258 e. The highest BCUT2D eigenvalue weighted by molar-refractivity contribution is 6.06. The molecule has 0 radical (unpaired) electrons. The molecule has 0 aromatic heterocycles. The second kappa shape index (κ2) is 11.4. The first kappa shape index (κ1) is 25.5. The fourth-order valence-electron chi connectivity index (χ4n) is 4.80. The molecule has 0 unspecified atom stereocenters. The van der Waals surface area contributed by atoms with Crippen molar-refractivity contribution in [1.29, 1.82) is 0 Å². The number of nitrogens with zero attached hydrogens (tertiary/aromatic N) is 2. The van der Waals surface area contributed by atoms with Crippen LogP contribution in [0.1, 0.15) is 34.3 Å². The lowest BCUT2D eigenvalue weighted by Gasteiger charge is -2.39. The number of amides is 1. The van der Waals surface area contributed by atoms with E-state index in [4.69, 9.17) is 14.2 Å². The summed E-state index contributed by atoms with van der Waals surface area (Å²) < 4.78 is 30.1. The molecule has 0 atom stereocenters. The minimum absolute atomic E-state index is 0.0359. The summed E-state index contributed by atoms with van der Waals surface area (Å²) in [6.07, 6.45) is 1.63. The number of benzene rings is 3. The zero-order chi connectivity index (χ0) is 25.7. The highest BCUT2D eigenvalue weighted by atomic mass is 19.1. The fourth-order valence-corrected chi connectivity index (χ4v) is 4.80. The third-order valence-electron chi connectivity index (χ3n) is 6.72. The molecule has 0 spiro atoms. The zero-order valence-corrected chi connectivity index (χ0v) is 21.3. The van der Waals surface area contributed by atoms with Crippen LogP contribution in [0.4, 0.5) is 10.1 Å². The topological polar surface area (TPSA) is 51.2 Å². The number of halogens is 1. The molecule has 1 aliphatic heterocycles. The van der Waals surface area contributed by atoms with Crippen molar-refractivity contribution < 1.29 is 23.4 Å². The van der Waals surface area contributed by atoms with Gasteiger partial charge in [0.2, 0.25) is 5.75 Å². The van der Waals surface area contributed by atoms with Gasteiger partial charge in [-0.15, -0.1) is 0 Å². The number of anilines is 1. The van der Waals surface area contributed by atoms with E-state index < -0.39 is 0 Å². The lowest BCUT2D eigenvalue weighted by atomic mass is 9.99. The summed E-state index contributed by atoms with van der Waals surface area (Å²) in [6, 6.07) is 17.7. The molecule has 4 rings (SSSR count).